The second-order valence-corrected chi connectivity index (χ2v) is 7.80. The maximum atomic E-state index is 13.3. The first-order chi connectivity index (χ1) is 13.2. The second kappa shape index (κ2) is 7.91. The van der Waals surface area contributed by atoms with Crippen LogP contribution in [0.15, 0.2) is 23.5 Å². The number of ether oxygens (including phenoxy) is 5. The zero-order chi connectivity index (χ0) is 20.6. The smallest absolute Gasteiger partial charge is 0.229 e. The molecule has 1 aliphatic carbocycles. The standard InChI is InChI=1S/C19H20Cl2O7/c1-19(2)18(21)14(20)13-16(23)12-10(15(22)17(13)28-19)5-9(26-7-24-3)6-11(12)27-8-25-4/h5-6,14,18H,7-8H2,1-4H3/t14-,18+/m0/s1. The Morgan fingerprint density at radius 1 is 1.04 bits per heavy atom. The topological polar surface area (TPSA) is 80.3 Å². The van der Waals surface area contributed by atoms with E-state index in [1.165, 1.54) is 26.4 Å². The van der Waals surface area contributed by atoms with Gasteiger partial charge in [-0.05, 0) is 19.9 Å². The normalized spacial score (nSPS) is 23.1. The van der Waals surface area contributed by atoms with Crippen LogP contribution in [0.25, 0.3) is 0 Å². The summed E-state index contributed by atoms with van der Waals surface area (Å²) in [6, 6.07) is 2.94. The van der Waals surface area contributed by atoms with Gasteiger partial charge >= 0.3 is 0 Å². The molecule has 3 rings (SSSR count). The fourth-order valence-electron chi connectivity index (χ4n) is 3.10. The predicted octanol–water partition coefficient (Wildman–Crippen LogP) is 3.31. The SMILES string of the molecule is COCOc1cc(OCOC)c2c(c1)C(=O)C1=C(C2=O)[C@H](Cl)[C@@H](Cl)C(C)(C)O1. The number of halogens is 2. The van der Waals surface area contributed by atoms with Crippen molar-refractivity contribution in [3.63, 3.8) is 0 Å². The summed E-state index contributed by atoms with van der Waals surface area (Å²) in [4.78, 5) is 26.4. The lowest BCUT2D eigenvalue weighted by molar-refractivity contribution is 0.0141. The molecule has 1 aliphatic heterocycles. The maximum absolute atomic E-state index is 13.3. The fraction of sp³-hybridized carbons (Fsp3) is 0.474. The molecular formula is C19H20Cl2O7. The number of fused-ring (bicyclic) bond motifs is 1. The molecule has 0 N–H and O–H groups in total. The minimum absolute atomic E-state index is 0.0336. The molecule has 28 heavy (non-hydrogen) atoms. The van der Waals surface area contributed by atoms with Crippen molar-refractivity contribution in [2.24, 2.45) is 0 Å². The molecule has 152 valence electrons. The van der Waals surface area contributed by atoms with E-state index in [2.05, 4.69) is 0 Å². The predicted molar refractivity (Wildman–Crippen MR) is 102 cm³/mol. The Morgan fingerprint density at radius 2 is 1.68 bits per heavy atom. The zero-order valence-electron chi connectivity index (χ0n) is 15.8. The third kappa shape index (κ3) is 3.48. The number of alkyl halides is 2. The van der Waals surface area contributed by atoms with Crippen LogP contribution in [0.1, 0.15) is 34.6 Å². The lowest BCUT2D eigenvalue weighted by Crippen LogP contribution is -2.49. The highest BCUT2D eigenvalue weighted by atomic mass is 35.5. The van der Waals surface area contributed by atoms with Gasteiger partial charge in [0.15, 0.2) is 25.1 Å². The number of ketones is 2. The van der Waals surface area contributed by atoms with E-state index in [0.717, 1.165) is 0 Å². The van der Waals surface area contributed by atoms with Crippen molar-refractivity contribution in [3.8, 4) is 11.5 Å². The molecule has 7 nitrogen and oxygen atoms in total. The molecule has 9 heteroatoms. The van der Waals surface area contributed by atoms with E-state index in [4.69, 9.17) is 46.9 Å². The number of carbonyl (C=O) groups excluding carboxylic acids is 2. The Hall–Kier alpha value is -1.80. The van der Waals surface area contributed by atoms with Gasteiger partial charge < -0.3 is 23.7 Å². The van der Waals surface area contributed by atoms with Crippen LogP contribution >= 0.6 is 23.2 Å². The first-order valence-corrected chi connectivity index (χ1v) is 9.32. The molecule has 1 heterocycles. The number of methoxy groups -OCH3 is 2. The molecule has 1 aromatic rings. The van der Waals surface area contributed by atoms with Crippen molar-refractivity contribution < 1.29 is 33.3 Å². The third-order valence-electron chi connectivity index (χ3n) is 4.48. The van der Waals surface area contributed by atoms with Crippen molar-refractivity contribution in [1.82, 2.24) is 0 Å². The Bertz CT molecular complexity index is 847. The third-order valence-corrected chi connectivity index (χ3v) is 5.86. The van der Waals surface area contributed by atoms with E-state index in [9.17, 15) is 9.59 Å². The summed E-state index contributed by atoms with van der Waals surface area (Å²) in [7, 11) is 2.91. The number of carbonyl (C=O) groups is 2. The second-order valence-electron chi connectivity index (χ2n) is 6.86. The van der Waals surface area contributed by atoms with Gasteiger partial charge in [-0.2, -0.15) is 0 Å². The number of allylic oxidation sites excluding steroid dienone is 2. The van der Waals surface area contributed by atoms with Gasteiger partial charge in [0.2, 0.25) is 5.78 Å². The largest absolute Gasteiger partial charge is 0.482 e. The monoisotopic (exact) mass is 430 g/mol. The summed E-state index contributed by atoms with van der Waals surface area (Å²) in [6.07, 6.45) is 0. The first kappa shape index (κ1) is 20.9. The number of hydrogen-bond acceptors (Lipinski definition) is 7. The molecule has 0 radical (unpaired) electrons. The van der Waals surface area contributed by atoms with Crippen LogP contribution in [-0.2, 0) is 14.2 Å². The highest BCUT2D eigenvalue weighted by molar-refractivity contribution is 6.38. The molecule has 0 spiro atoms. The summed E-state index contributed by atoms with van der Waals surface area (Å²) < 4.78 is 26.6. The Balaban J connectivity index is 2.15. The number of benzene rings is 1. The van der Waals surface area contributed by atoms with Gasteiger partial charge in [0, 0.05) is 25.8 Å². The van der Waals surface area contributed by atoms with Crippen LogP contribution in [0.2, 0.25) is 0 Å². The van der Waals surface area contributed by atoms with Crippen LogP contribution in [-0.4, -0.2) is 55.7 Å². The van der Waals surface area contributed by atoms with Crippen molar-refractivity contribution in [1.29, 1.82) is 0 Å². The number of Topliss-reactive ketones (excluding diaryl/α,β-unsaturated/α-hetero) is 2. The van der Waals surface area contributed by atoms with Crippen molar-refractivity contribution in [2.75, 3.05) is 27.8 Å². The molecule has 0 saturated carbocycles. The van der Waals surface area contributed by atoms with Gasteiger partial charge in [-0.1, -0.05) is 0 Å². The minimum Gasteiger partial charge on any atom is -0.482 e. The summed E-state index contributed by atoms with van der Waals surface area (Å²) >= 11 is 12.8. The number of rotatable bonds is 6. The molecule has 2 aliphatic rings. The number of hydrogen-bond donors (Lipinski definition) is 0. The Labute approximate surface area is 172 Å². The van der Waals surface area contributed by atoms with Crippen LogP contribution in [0, 0.1) is 0 Å². The molecule has 0 aromatic heterocycles. The van der Waals surface area contributed by atoms with E-state index in [1.54, 1.807) is 13.8 Å². The molecule has 0 saturated heterocycles. The average molecular weight is 431 g/mol. The highest BCUT2D eigenvalue weighted by Crippen LogP contribution is 2.45. The summed E-state index contributed by atoms with van der Waals surface area (Å²) in [5.74, 6) is -0.632. The van der Waals surface area contributed by atoms with Crippen molar-refractivity contribution in [2.45, 2.75) is 30.2 Å². The average Bonchev–Trinajstić information content (AvgIpc) is 2.66. The van der Waals surface area contributed by atoms with Gasteiger partial charge in [-0.15, -0.1) is 23.2 Å². The summed E-state index contributed by atoms with van der Waals surface area (Å²) in [5, 5.41) is -1.61. The van der Waals surface area contributed by atoms with Crippen LogP contribution in [0.3, 0.4) is 0 Å². The fourth-order valence-corrected chi connectivity index (χ4v) is 3.77. The minimum atomic E-state index is -0.931. The summed E-state index contributed by atoms with van der Waals surface area (Å²) in [5.41, 5.74) is -0.731. The lowest BCUT2D eigenvalue weighted by Gasteiger charge is -2.41. The van der Waals surface area contributed by atoms with Crippen LogP contribution in [0.5, 0.6) is 11.5 Å². The van der Waals surface area contributed by atoms with Gasteiger partial charge in [0.05, 0.1) is 21.9 Å². The Morgan fingerprint density at radius 3 is 2.32 bits per heavy atom. The zero-order valence-corrected chi connectivity index (χ0v) is 17.3. The van der Waals surface area contributed by atoms with E-state index in [0.29, 0.717) is 5.75 Å². The van der Waals surface area contributed by atoms with Gasteiger partial charge in [-0.25, -0.2) is 0 Å². The molecule has 0 unspecified atom stereocenters. The van der Waals surface area contributed by atoms with Crippen LogP contribution < -0.4 is 9.47 Å². The van der Waals surface area contributed by atoms with Crippen LogP contribution in [0.4, 0.5) is 0 Å². The van der Waals surface area contributed by atoms with Crippen molar-refractivity contribution in [3.05, 3.63) is 34.6 Å². The van der Waals surface area contributed by atoms with E-state index in [-0.39, 0.29) is 41.8 Å². The Kier molecular flexibility index (Phi) is 5.91. The van der Waals surface area contributed by atoms with E-state index in [1.807, 2.05) is 0 Å². The first-order valence-electron chi connectivity index (χ1n) is 8.45. The molecule has 0 amide bonds. The van der Waals surface area contributed by atoms with Gasteiger partial charge in [0.25, 0.3) is 0 Å². The van der Waals surface area contributed by atoms with Gasteiger partial charge in [-0.3, -0.25) is 9.59 Å². The molecular weight excluding hydrogens is 411 g/mol. The maximum Gasteiger partial charge on any atom is 0.229 e. The van der Waals surface area contributed by atoms with Gasteiger partial charge in [0.1, 0.15) is 17.1 Å². The van der Waals surface area contributed by atoms with Crippen molar-refractivity contribution >= 4 is 34.8 Å². The molecule has 1 aromatic carbocycles. The van der Waals surface area contributed by atoms with E-state index < -0.39 is 27.9 Å². The van der Waals surface area contributed by atoms with E-state index >= 15 is 0 Å². The quantitative estimate of drug-likeness (QED) is 0.505. The molecule has 0 bridgehead atoms. The molecule has 2 atom stereocenters. The summed E-state index contributed by atoms with van der Waals surface area (Å²) in [6.45, 7) is 3.25. The molecule has 0 fully saturated rings. The highest BCUT2D eigenvalue weighted by Gasteiger charge is 2.50. The lowest BCUT2D eigenvalue weighted by atomic mass is 9.81.